The molecule has 0 radical (unpaired) electrons. The van der Waals surface area contributed by atoms with Gasteiger partial charge in [0.25, 0.3) is 0 Å². The van der Waals surface area contributed by atoms with Crippen LogP contribution in [0.15, 0.2) is 14.4 Å². The molecule has 0 saturated heterocycles. The summed E-state index contributed by atoms with van der Waals surface area (Å²) in [4.78, 5) is 6.63. The van der Waals surface area contributed by atoms with Crippen molar-refractivity contribution in [3.05, 3.63) is 25.4 Å². The van der Waals surface area contributed by atoms with Gasteiger partial charge in [-0.15, -0.1) is 11.3 Å². The third kappa shape index (κ3) is 1.98. The fourth-order valence-electron chi connectivity index (χ4n) is 0.459. The van der Waals surface area contributed by atoms with E-state index >= 15 is 0 Å². The highest BCUT2D eigenvalue weighted by atomic mass is 79.9. The summed E-state index contributed by atoms with van der Waals surface area (Å²) < 4.78 is 0.815. The molecule has 0 saturated carbocycles. The first-order valence-corrected chi connectivity index (χ1v) is 4.11. The van der Waals surface area contributed by atoms with Crippen molar-refractivity contribution >= 4 is 27.3 Å². The second kappa shape index (κ2) is 3.55. The van der Waals surface area contributed by atoms with Gasteiger partial charge >= 0.3 is 0 Å². The Hall–Kier alpha value is -0.580. The fraction of sp³-hybridized carbons (Fsp3) is 0.250. The molecule has 52 valence electrons. The molecule has 0 atom stereocenters. The van der Waals surface area contributed by atoms with Crippen molar-refractivity contribution < 1.29 is 0 Å². The van der Waals surface area contributed by atoms with E-state index in [-0.39, 0.29) is 0 Å². The van der Waals surface area contributed by atoms with Gasteiger partial charge in [0, 0.05) is 10.3 Å². The lowest BCUT2D eigenvalue weighted by molar-refractivity contribution is 0.990. The summed E-state index contributed by atoms with van der Waals surface area (Å²) in [5.74, 6) is 0. The summed E-state index contributed by atoms with van der Waals surface area (Å²) in [5, 5.41) is 5.21. The molecule has 0 aliphatic rings. The number of aromatic nitrogens is 1. The molecule has 1 heterocycles. The molecule has 6 heteroatoms. The van der Waals surface area contributed by atoms with E-state index in [0.29, 0.717) is 6.54 Å². The number of azide groups is 1. The summed E-state index contributed by atoms with van der Waals surface area (Å²) in [6, 6.07) is 0. The highest BCUT2D eigenvalue weighted by Gasteiger charge is 1.95. The molecular weight excluding hydrogens is 216 g/mol. The van der Waals surface area contributed by atoms with Gasteiger partial charge in [0.2, 0.25) is 0 Å². The Morgan fingerprint density at radius 1 is 1.90 bits per heavy atom. The van der Waals surface area contributed by atoms with Gasteiger partial charge < -0.3 is 0 Å². The molecule has 4 nitrogen and oxygen atoms in total. The van der Waals surface area contributed by atoms with Crippen LogP contribution in [0.3, 0.4) is 0 Å². The summed E-state index contributed by atoms with van der Waals surface area (Å²) in [6.45, 7) is 0.332. The maximum Gasteiger partial charge on any atom is 0.159 e. The SMILES string of the molecule is [N-]=[N+]=NCc1csc(Br)n1. The lowest BCUT2D eigenvalue weighted by Gasteiger charge is -1.80. The van der Waals surface area contributed by atoms with Crippen LogP contribution in [0, 0.1) is 0 Å². The third-order valence-electron chi connectivity index (χ3n) is 0.820. The molecular formula is C4H3BrN4S. The molecule has 0 aliphatic heterocycles. The van der Waals surface area contributed by atoms with E-state index in [4.69, 9.17) is 5.53 Å². The Morgan fingerprint density at radius 3 is 3.20 bits per heavy atom. The maximum absolute atomic E-state index is 7.96. The molecule has 0 fully saturated rings. The van der Waals surface area contributed by atoms with Crippen LogP contribution < -0.4 is 0 Å². The highest BCUT2D eigenvalue weighted by Crippen LogP contribution is 2.16. The lowest BCUT2D eigenvalue weighted by Crippen LogP contribution is -1.76. The predicted molar refractivity (Wildman–Crippen MR) is 42.7 cm³/mol. The molecule has 1 aromatic rings. The Labute approximate surface area is 69.7 Å². The van der Waals surface area contributed by atoms with E-state index in [1.807, 2.05) is 5.38 Å². The normalized spacial score (nSPS) is 8.90. The zero-order valence-corrected chi connectivity index (χ0v) is 7.26. The van der Waals surface area contributed by atoms with E-state index in [2.05, 4.69) is 30.9 Å². The van der Waals surface area contributed by atoms with Crippen LogP contribution in [0.1, 0.15) is 5.69 Å². The molecule has 0 spiro atoms. The molecule has 0 amide bonds. The van der Waals surface area contributed by atoms with Gasteiger partial charge in [-0.3, -0.25) is 0 Å². The molecule has 0 bridgehead atoms. The Bertz CT molecular complexity index is 264. The number of hydrogen-bond donors (Lipinski definition) is 0. The minimum absolute atomic E-state index is 0.332. The van der Waals surface area contributed by atoms with Crippen molar-refractivity contribution in [3.8, 4) is 0 Å². The molecule has 10 heavy (non-hydrogen) atoms. The lowest BCUT2D eigenvalue weighted by atomic mass is 10.5. The average Bonchev–Trinajstić information content (AvgIpc) is 2.31. The molecule has 0 unspecified atom stereocenters. The van der Waals surface area contributed by atoms with E-state index in [0.717, 1.165) is 9.61 Å². The van der Waals surface area contributed by atoms with Crippen molar-refractivity contribution in [1.82, 2.24) is 4.98 Å². The van der Waals surface area contributed by atoms with Gasteiger partial charge in [0.15, 0.2) is 3.92 Å². The van der Waals surface area contributed by atoms with Gasteiger partial charge in [-0.05, 0) is 21.5 Å². The number of halogens is 1. The smallest absolute Gasteiger partial charge is 0.159 e. The zero-order valence-electron chi connectivity index (χ0n) is 4.86. The van der Waals surface area contributed by atoms with Gasteiger partial charge in [0.1, 0.15) is 0 Å². The summed E-state index contributed by atoms with van der Waals surface area (Å²) >= 11 is 4.67. The van der Waals surface area contributed by atoms with Crippen LogP contribution >= 0.6 is 27.3 Å². The van der Waals surface area contributed by atoms with Gasteiger partial charge in [0.05, 0.1) is 12.2 Å². The molecule has 1 aromatic heterocycles. The summed E-state index contributed by atoms with van der Waals surface area (Å²) in [6.07, 6.45) is 0. The number of rotatable bonds is 2. The Morgan fingerprint density at radius 2 is 2.70 bits per heavy atom. The first-order chi connectivity index (χ1) is 4.83. The quantitative estimate of drug-likeness (QED) is 0.428. The molecule has 1 rings (SSSR count). The fourth-order valence-corrected chi connectivity index (χ4v) is 1.50. The minimum Gasteiger partial charge on any atom is -0.234 e. The van der Waals surface area contributed by atoms with Crippen LogP contribution in [0.4, 0.5) is 0 Å². The van der Waals surface area contributed by atoms with E-state index in [9.17, 15) is 0 Å². The van der Waals surface area contributed by atoms with Gasteiger partial charge in [-0.2, -0.15) is 0 Å². The minimum atomic E-state index is 0.332. The van der Waals surface area contributed by atoms with Crippen molar-refractivity contribution in [2.24, 2.45) is 5.11 Å². The van der Waals surface area contributed by atoms with E-state index in [1.165, 1.54) is 11.3 Å². The average molecular weight is 219 g/mol. The first-order valence-electron chi connectivity index (χ1n) is 2.43. The molecule has 0 aliphatic carbocycles. The van der Waals surface area contributed by atoms with E-state index < -0.39 is 0 Å². The van der Waals surface area contributed by atoms with Crippen molar-refractivity contribution in [2.45, 2.75) is 6.54 Å². The topological polar surface area (TPSA) is 61.7 Å². The largest absolute Gasteiger partial charge is 0.234 e. The molecule has 0 N–H and O–H groups in total. The van der Waals surface area contributed by atoms with Crippen molar-refractivity contribution in [1.29, 1.82) is 0 Å². The number of thiazole rings is 1. The van der Waals surface area contributed by atoms with Crippen LogP contribution in [0.25, 0.3) is 10.4 Å². The van der Waals surface area contributed by atoms with Crippen molar-refractivity contribution in [3.63, 3.8) is 0 Å². The summed E-state index contributed by atoms with van der Waals surface area (Å²) in [5.41, 5.74) is 8.76. The Kier molecular flexibility index (Phi) is 2.68. The van der Waals surface area contributed by atoms with Gasteiger partial charge in [-0.25, -0.2) is 4.98 Å². The maximum atomic E-state index is 7.96. The van der Waals surface area contributed by atoms with Crippen LogP contribution in [0.2, 0.25) is 0 Å². The van der Waals surface area contributed by atoms with Crippen molar-refractivity contribution in [2.75, 3.05) is 0 Å². The second-order valence-corrected chi connectivity index (χ2v) is 3.61. The van der Waals surface area contributed by atoms with Crippen LogP contribution in [-0.4, -0.2) is 4.98 Å². The highest BCUT2D eigenvalue weighted by molar-refractivity contribution is 9.11. The molecule has 0 aromatic carbocycles. The standard InChI is InChI=1S/C4H3BrN4S/c5-4-8-3(2-10-4)1-7-9-6/h2H,1H2. The predicted octanol–water partition coefficient (Wildman–Crippen LogP) is 2.72. The van der Waals surface area contributed by atoms with Crippen LogP contribution in [-0.2, 0) is 6.54 Å². The third-order valence-corrected chi connectivity index (χ3v) is 2.23. The van der Waals surface area contributed by atoms with Gasteiger partial charge in [-0.1, -0.05) is 5.11 Å². The summed E-state index contributed by atoms with van der Waals surface area (Å²) in [7, 11) is 0. The zero-order chi connectivity index (χ0) is 7.40. The monoisotopic (exact) mass is 218 g/mol. The first kappa shape index (κ1) is 7.53. The van der Waals surface area contributed by atoms with Crippen LogP contribution in [0.5, 0.6) is 0 Å². The second-order valence-electron chi connectivity index (χ2n) is 1.48. The Balaban J connectivity index is 2.66. The number of nitrogens with zero attached hydrogens (tertiary/aromatic N) is 4. The van der Waals surface area contributed by atoms with E-state index in [1.54, 1.807) is 0 Å². The number of hydrogen-bond acceptors (Lipinski definition) is 3.